The van der Waals surface area contributed by atoms with E-state index in [4.69, 9.17) is 15.3 Å². The Labute approximate surface area is 74.2 Å². The molecule has 0 saturated heterocycles. The van der Waals surface area contributed by atoms with Crippen LogP contribution in [0.5, 0.6) is 0 Å². The first kappa shape index (κ1) is 10.6. The van der Waals surface area contributed by atoms with Gasteiger partial charge in [-0.3, -0.25) is 0 Å². The minimum absolute atomic E-state index is 0.223. The number of aliphatic hydroxyl groups excluding tert-OH is 1. The maximum atomic E-state index is 9.12. The van der Waals surface area contributed by atoms with Gasteiger partial charge in [-0.2, -0.15) is 0 Å². The van der Waals surface area contributed by atoms with Crippen LogP contribution in [0.4, 0.5) is 0 Å². The second kappa shape index (κ2) is 3.34. The topological polar surface area (TPSA) is 60.7 Å². The zero-order valence-corrected chi connectivity index (χ0v) is 8.29. The van der Waals surface area contributed by atoms with Crippen LogP contribution in [-0.2, 0) is 0 Å². The Bertz CT molecular complexity index is 104. The predicted octanol–water partition coefficient (Wildman–Crippen LogP) is 0.468. The molecule has 10 heavy (non-hydrogen) atoms. The Morgan fingerprint density at radius 2 is 1.80 bits per heavy atom. The summed E-state index contributed by atoms with van der Waals surface area (Å²) in [5.41, 5.74) is -0.826. The fourth-order valence-electron chi connectivity index (χ4n) is 0.437. The number of aliphatic hydroxyl groups is 3. The third-order valence-corrected chi connectivity index (χ3v) is 3.20. The molecule has 0 aliphatic rings. The van der Waals surface area contributed by atoms with E-state index in [9.17, 15) is 0 Å². The van der Waals surface area contributed by atoms with Crippen LogP contribution in [0.15, 0.2) is 0 Å². The molecule has 3 N–H and O–H groups in total. The van der Waals surface area contributed by atoms with Crippen LogP contribution in [0.25, 0.3) is 0 Å². The zero-order chi connectivity index (χ0) is 8.41. The minimum atomic E-state index is -1.83. The minimum Gasteiger partial charge on any atom is -0.396 e. The first-order valence-corrected chi connectivity index (χ1v) is 4.20. The third-order valence-electron chi connectivity index (χ3n) is 1.90. The Hall–Kier alpha value is 0.610. The Balaban J connectivity index is 4.33. The molecule has 0 rings (SSSR count). The van der Waals surface area contributed by atoms with Crippen LogP contribution < -0.4 is 0 Å². The lowest BCUT2D eigenvalue weighted by Crippen LogP contribution is -2.43. The molecule has 62 valence electrons. The van der Waals surface area contributed by atoms with E-state index in [2.05, 4.69) is 0 Å². The van der Waals surface area contributed by atoms with Crippen molar-refractivity contribution in [3.63, 3.8) is 0 Å². The molecule has 0 aromatic heterocycles. The van der Waals surface area contributed by atoms with Crippen LogP contribution in [0.3, 0.4) is 0 Å². The molecule has 1 atom stereocenters. The average Bonchev–Trinajstić information content (AvgIpc) is 1.84. The Kier molecular flexibility index (Phi) is 3.54. The van der Waals surface area contributed by atoms with Crippen molar-refractivity contribution in [2.45, 2.75) is 24.1 Å². The zero-order valence-electron chi connectivity index (χ0n) is 6.13. The van der Waals surface area contributed by atoms with Crippen molar-refractivity contribution in [3.05, 3.63) is 0 Å². The Morgan fingerprint density at radius 3 is 1.80 bits per heavy atom. The van der Waals surface area contributed by atoms with Gasteiger partial charge in [0.25, 0.3) is 0 Å². The van der Waals surface area contributed by atoms with E-state index in [1.54, 1.807) is 13.8 Å². The van der Waals surface area contributed by atoms with Gasteiger partial charge in [0.2, 0.25) is 3.79 Å². The van der Waals surface area contributed by atoms with Gasteiger partial charge >= 0.3 is 0 Å². The fraction of sp³-hybridized carbons (Fsp3) is 1.00. The van der Waals surface area contributed by atoms with Crippen molar-refractivity contribution >= 4 is 22.6 Å². The highest BCUT2D eigenvalue weighted by atomic mass is 127. The van der Waals surface area contributed by atoms with Crippen molar-refractivity contribution in [1.82, 2.24) is 0 Å². The maximum Gasteiger partial charge on any atom is 0.224 e. The summed E-state index contributed by atoms with van der Waals surface area (Å²) in [6.07, 6.45) is 0.527. The van der Waals surface area contributed by atoms with Crippen molar-refractivity contribution in [2.75, 3.05) is 6.61 Å². The monoisotopic (exact) mass is 260 g/mol. The number of hydrogen-bond donors (Lipinski definition) is 3. The van der Waals surface area contributed by atoms with Gasteiger partial charge < -0.3 is 15.3 Å². The molecular weight excluding hydrogens is 247 g/mol. The van der Waals surface area contributed by atoms with Crippen LogP contribution in [0.2, 0.25) is 0 Å². The molecule has 0 spiro atoms. The van der Waals surface area contributed by atoms with Gasteiger partial charge in [-0.1, -0.05) is 13.8 Å². The van der Waals surface area contributed by atoms with Gasteiger partial charge in [0.1, 0.15) is 0 Å². The summed E-state index contributed by atoms with van der Waals surface area (Å²) in [6, 6.07) is 0. The summed E-state index contributed by atoms with van der Waals surface area (Å²) in [5, 5.41) is 27.0. The van der Waals surface area contributed by atoms with Crippen molar-refractivity contribution in [2.24, 2.45) is 5.41 Å². The van der Waals surface area contributed by atoms with E-state index < -0.39 is 9.21 Å². The fourth-order valence-corrected chi connectivity index (χ4v) is 0.989. The molecule has 0 aromatic rings. The van der Waals surface area contributed by atoms with E-state index in [0.717, 1.165) is 0 Å². The number of alkyl halides is 1. The van der Waals surface area contributed by atoms with Crippen LogP contribution >= 0.6 is 22.6 Å². The normalized spacial score (nSPS) is 18.6. The summed E-state index contributed by atoms with van der Waals surface area (Å²) >= 11 is 1.51. The van der Waals surface area contributed by atoms with Gasteiger partial charge in [0, 0.05) is 0 Å². The highest BCUT2D eigenvalue weighted by Crippen LogP contribution is 2.36. The van der Waals surface area contributed by atoms with Crippen molar-refractivity contribution in [3.8, 4) is 0 Å². The number of hydrogen-bond acceptors (Lipinski definition) is 3. The molecule has 4 heteroatoms. The lowest BCUT2D eigenvalue weighted by atomic mass is 9.88. The molecule has 0 amide bonds. The standard InChI is InChI=1S/C6H13IO3/c1-3-5(2,4-8)6(7,9)10/h8-10H,3-4H2,1-2H3. The summed E-state index contributed by atoms with van der Waals surface area (Å²) < 4.78 is -1.83. The molecule has 0 aliphatic carbocycles. The molecule has 0 aliphatic heterocycles. The number of halogens is 1. The number of rotatable bonds is 3. The first-order valence-electron chi connectivity index (χ1n) is 3.12. The molecule has 0 radical (unpaired) electrons. The molecule has 0 fully saturated rings. The Morgan fingerprint density at radius 1 is 1.40 bits per heavy atom. The van der Waals surface area contributed by atoms with Gasteiger partial charge in [-0.05, 0) is 29.0 Å². The van der Waals surface area contributed by atoms with Crippen LogP contribution in [0.1, 0.15) is 20.3 Å². The van der Waals surface area contributed by atoms with Crippen LogP contribution in [0, 0.1) is 5.41 Å². The molecule has 3 nitrogen and oxygen atoms in total. The summed E-state index contributed by atoms with van der Waals surface area (Å²) in [7, 11) is 0. The highest BCUT2D eigenvalue weighted by Gasteiger charge is 2.41. The largest absolute Gasteiger partial charge is 0.396 e. The van der Waals surface area contributed by atoms with E-state index >= 15 is 0 Å². The van der Waals surface area contributed by atoms with Gasteiger partial charge in [0.05, 0.1) is 12.0 Å². The molecule has 1 unspecified atom stereocenters. The van der Waals surface area contributed by atoms with Gasteiger partial charge in [-0.25, -0.2) is 0 Å². The lowest BCUT2D eigenvalue weighted by molar-refractivity contribution is -0.161. The average molecular weight is 260 g/mol. The molecule has 0 saturated carbocycles. The second-order valence-corrected chi connectivity index (χ2v) is 4.16. The first-order chi connectivity index (χ1) is 4.37. The summed E-state index contributed by atoms with van der Waals surface area (Å²) in [4.78, 5) is 0. The quantitative estimate of drug-likeness (QED) is 0.392. The van der Waals surface area contributed by atoms with Crippen molar-refractivity contribution < 1.29 is 15.3 Å². The second-order valence-electron chi connectivity index (χ2n) is 2.66. The van der Waals surface area contributed by atoms with Gasteiger partial charge in [0.15, 0.2) is 0 Å². The molecule has 0 heterocycles. The van der Waals surface area contributed by atoms with E-state index in [1.165, 1.54) is 22.6 Å². The van der Waals surface area contributed by atoms with E-state index in [0.29, 0.717) is 6.42 Å². The predicted molar refractivity (Wildman–Crippen MR) is 46.7 cm³/mol. The van der Waals surface area contributed by atoms with Crippen molar-refractivity contribution in [1.29, 1.82) is 0 Å². The molecular formula is C6H13IO3. The van der Waals surface area contributed by atoms with Crippen LogP contribution in [-0.4, -0.2) is 25.7 Å². The SMILES string of the molecule is CCC(C)(CO)C(O)(O)I. The highest BCUT2D eigenvalue weighted by molar-refractivity contribution is 14.1. The third kappa shape index (κ3) is 2.05. The molecule has 0 bridgehead atoms. The lowest BCUT2D eigenvalue weighted by Gasteiger charge is -2.34. The maximum absolute atomic E-state index is 9.12. The summed E-state index contributed by atoms with van der Waals surface area (Å²) in [5.74, 6) is 0. The van der Waals surface area contributed by atoms with E-state index in [-0.39, 0.29) is 6.61 Å². The van der Waals surface area contributed by atoms with E-state index in [1.807, 2.05) is 0 Å². The smallest absolute Gasteiger partial charge is 0.224 e. The summed E-state index contributed by atoms with van der Waals surface area (Å²) in [6.45, 7) is 3.20. The van der Waals surface area contributed by atoms with Gasteiger partial charge in [-0.15, -0.1) is 0 Å². The molecule has 0 aromatic carbocycles.